The maximum atomic E-state index is 13.2. The van der Waals surface area contributed by atoms with Gasteiger partial charge in [-0.25, -0.2) is 9.18 Å². The molecule has 80 valence electrons. The van der Waals surface area contributed by atoms with Crippen molar-refractivity contribution in [2.75, 3.05) is 7.11 Å². The average molecular weight is 212 g/mol. The van der Waals surface area contributed by atoms with Crippen molar-refractivity contribution >= 4 is 5.97 Å². The van der Waals surface area contributed by atoms with Gasteiger partial charge in [0, 0.05) is 18.1 Å². The van der Waals surface area contributed by atoms with Crippen LogP contribution in [0, 0.1) is 5.82 Å². The molecule has 15 heavy (non-hydrogen) atoms. The van der Waals surface area contributed by atoms with Crippen molar-refractivity contribution in [3.63, 3.8) is 0 Å². The third-order valence-corrected chi connectivity index (χ3v) is 2.28. The minimum absolute atomic E-state index is 0.0554. The van der Waals surface area contributed by atoms with Crippen molar-refractivity contribution < 1.29 is 23.8 Å². The summed E-state index contributed by atoms with van der Waals surface area (Å²) in [4.78, 5) is 10.7. The first-order valence-electron chi connectivity index (χ1n) is 4.37. The van der Waals surface area contributed by atoms with Gasteiger partial charge < -0.3 is 14.6 Å². The second-order valence-corrected chi connectivity index (χ2v) is 3.24. The zero-order valence-electron chi connectivity index (χ0n) is 7.99. The molecule has 0 aromatic heterocycles. The molecule has 0 spiro atoms. The summed E-state index contributed by atoms with van der Waals surface area (Å²) in [6.45, 7) is 0. The quantitative estimate of drug-likeness (QED) is 0.800. The Morgan fingerprint density at radius 2 is 2.40 bits per heavy atom. The van der Waals surface area contributed by atoms with Gasteiger partial charge in [-0.05, 0) is 6.07 Å². The molecule has 1 aromatic carbocycles. The van der Waals surface area contributed by atoms with Crippen LogP contribution in [0.4, 0.5) is 4.39 Å². The smallest absolute Gasteiger partial charge is 0.345 e. The third-order valence-electron chi connectivity index (χ3n) is 2.28. The molecule has 5 heteroatoms. The van der Waals surface area contributed by atoms with Gasteiger partial charge in [0.2, 0.25) is 0 Å². The third kappa shape index (κ3) is 1.60. The topological polar surface area (TPSA) is 55.8 Å². The van der Waals surface area contributed by atoms with Crippen LogP contribution in [0.25, 0.3) is 0 Å². The van der Waals surface area contributed by atoms with Crippen LogP contribution in [0.15, 0.2) is 12.1 Å². The zero-order chi connectivity index (χ0) is 11.0. The summed E-state index contributed by atoms with van der Waals surface area (Å²) in [5.74, 6) is -1.13. The number of carboxylic acids is 1. The molecular weight excluding hydrogens is 203 g/mol. The highest BCUT2D eigenvalue weighted by molar-refractivity contribution is 5.74. The number of hydrogen-bond donors (Lipinski definition) is 1. The lowest BCUT2D eigenvalue weighted by Gasteiger charge is -2.05. The molecule has 1 unspecified atom stereocenters. The molecule has 1 aliphatic heterocycles. The van der Waals surface area contributed by atoms with E-state index < -0.39 is 17.9 Å². The second kappa shape index (κ2) is 3.42. The van der Waals surface area contributed by atoms with E-state index in [0.29, 0.717) is 11.3 Å². The fraction of sp³-hybridized carbons (Fsp3) is 0.300. The Bertz CT molecular complexity index is 416. The van der Waals surface area contributed by atoms with E-state index in [1.165, 1.54) is 19.2 Å². The highest BCUT2D eigenvalue weighted by Gasteiger charge is 2.30. The molecule has 0 radical (unpaired) electrons. The van der Waals surface area contributed by atoms with Crippen molar-refractivity contribution in [2.24, 2.45) is 0 Å². The first-order valence-corrected chi connectivity index (χ1v) is 4.37. The number of carboxylic acid groups (broad SMARTS) is 1. The minimum Gasteiger partial charge on any atom is -0.494 e. The number of aliphatic carboxylic acids is 1. The molecular formula is C10H9FO4. The van der Waals surface area contributed by atoms with Crippen molar-refractivity contribution in [2.45, 2.75) is 12.5 Å². The van der Waals surface area contributed by atoms with Crippen molar-refractivity contribution in [1.82, 2.24) is 0 Å². The van der Waals surface area contributed by atoms with Crippen LogP contribution in [0.5, 0.6) is 11.5 Å². The van der Waals surface area contributed by atoms with Gasteiger partial charge in [-0.1, -0.05) is 0 Å². The first kappa shape index (κ1) is 9.76. The first-order chi connectivity index (χ1) is 7.11. The number of fused-ring (bicyclic) bond motifs is 1. The van der Waals surface area contributed by atoms with Gasteiger partial charge in [0.15, 0.2) is 17.7 Å². The fourth-order valence-electron chi connectivity index (χ4n) is 1.53. The van der Waals surface area contributed by atoms with Crippen molar-refractivity contribution in [3.8, 4) is 11.5 Å². The number of hydrogen-bond acceptors (Lipinski definition) is 3. The van der Waals surface area contributed by atoms with Gasteiger partial charge in [0.25, 0.3) is 0 Å². The highest BCUT2D eigenvalue weighted by Crippen LogP contribution is 2.34. The molecule has 1 aliphatic rings. The van der Waals surface area contributed by atoms with E-state index in [0.717, 1.165) is 0 Å². The summed E-state index contributed by atoms with van der Waals surface area (Å²) < 4.78 is 23.1. The molecule has 0 amide bonds. The number of carbonyl (C=O) groups is 1. The lowest BCUT2D eigenvalue weighted by molar-refractivity contribution is -0.144. The summed E-state index contributed by atoms with van der Waals surface area (Å²) in [5.41, 5.74) is 0.556. The standard InChI is InChI=1S/C10H9FO4/c1-14-8-4-7-5(2-6(8)11)3-9(15-7)10(12)13/h2,4,9H,3H2,1H3,(H,12,13). The van der Waals surface area contributed by atoms with Crippen LogP contribution in [0.1, 0.15) is 5.56 Å². The molecule has 0 bridgehead atoms. The van der Waals surface area contributed by atoms with E-state index in [-0.39, 0.29) is 12.2 Å². The minimum atomic E-state index is -1.05. The molecule has 1 atom stereocenters. The Labute approximate surface area is 85.2 Å². The van der Waals surface area contributed by atoms with E-state index in [9.17, 15) is 9.18 Å². The maximum absolute atomic E-state index is 13.2. The molecule has 4 nitrogen and oxygen atoms in total. The summed E-state index contributed by atoms with van der Waals surface area (Å²) in [6, 6.07) is 2.62. The van der Waals surface area contributed by atoms with E-state index in [4.69, 9.17) is 14.6 Å². The normalized spacial score (nSPS) is 18.1. The van der Waals surface area contributed by atoms with Crippen molar-refractivity contribution in [3.05, 3.63) is 23.5 Å². The SMILES string of the molecule is COc1cc2c(cc1F)CC(C(=O)O)O2. The van der Waals surface area contributed by atoms with E-state index in [1.54, 1.807) is 0 Å². The predicted octanol–water partition coefficient (Wildman–Crippen LogP) is 1.22. The predicted molar refractivity (Wildman–Crippen MR) is 48.7 cm³/mol. The van der Waals surface area contributed by atoms with Gasteiger partial charge in [-0.2, -0.15) is 0 Å². The summed E-state index contributed by atoms with van der Waals surface area (Å²) in [6.07, 6.45) is -0.738. The van der Waals surface area contributed by atoms with Crippen molar-refractivity contribution in [1.29, 1.82) is 0 Å². The second-order valence-electron chi connectivity index (χ2n) is 3.24. The van der Waals surface area contributed by atoms with Gasteiger partial charge in [-0.15, -0.1) is 0 Å². The zero-order valence-corrected chi connectivity index (χ0v) is 7.99. The highest BCUT2D eigenvalue weighted by atomic mass is 19.1. The van der Waals surface area contributed by atoms with Gasteiger partial charge in [-0.3, -0.25) is 0 Å². The molecule has 0 aliphatic carbocycles. The van der Waals surface area contributed by atoms with Crippen LogP contribution in [0.3, 0.4) is 0 Å². The van der Waals surface area contributed by atoms with E-state index in [2.05, 4.69) is 0 Å². The molecule has 0 saturated heterocycles. The Balaban J connectivity index is 2.35. The molecule has 2 rings (SSSR count). The maximum Gasteiger partial charge on any atom is 0.345 e. The molecule has 1 aromatic rings. The number of rotatable bonds is 2. The van der Waals surface area contributed by atoms with E-state index in [1.807, 2.05) is 0 Å². The lowest BCUT2D eigenvalue weighted by Crippen LogP contribution is -2.24. The number of benzene rings is 1. The number of methoxy groups -OCH3 is 1. The largest absolute Gasteiger partial charge is 0.494 e. The van der Waals surface area contributed by atoms with E-state index >= 15 is 0 Å². The number of ether oxygens (including phenoxy) is 2. The molecule has 1 heterocycles. The monoisotopic (exact) mass is 212 g/mol. The van der Waals surface area contributed by atoms with Crippen LogP contribution >= 0.6 is 0 Å². The Morgan fingerprint density at radius 3 is 3.00 bits per heavy atom. The van der Waals surface area contributed by atoms with Crippen LogP contribution < -0.4 is 9.47 Å². The van der Waals surface area contributed by atoms with Crippen LogP contribution in [-0.2, 0) is 11.2 Å². The Morgan fingerprint density at radius 1 is 1.67 bits per heavy atom. The van der Waals surface area contributed by atoms with Crippen LogP contribution in [-0.4, -0.2) is 24.3 Å². The summed E-state index contributed by atoms with van der Waals surface area (Å²) >= 11 is 0. The molecule has 0 fully saturated rings. The summed E-state index contributed by atoms with van der Waals surface area (Å²) in [5, 5.41) is 8.73. The molecule has 0 saturated carbocycles. The Hall–Kier alpha value is -1.78. The number of halogens is 1. The lowest BCUT2D eigenvalue weighted by atomic mass is 10.1. The van der Waals surface area contributed by atoms with Gasteiger partial charge in [0.1, 0.15) is 5.75 Å². The van der Waals surface area contributed by atoms with Gasteiger partial charge >= 0.3 is 5.97 Å². The summed E-state index contributed by atoms with van der Waals surface area (Å²) in [7, 11) is 1.34. The van der Waals surface area contributed by atoms with Gasteiger partial charge in [0.05, 0.1) is 7.11 Å². The molecule has 1 N–H and O–H groups in total. The average Bonchev–Trinajstić information content (AvgIpc) is 2.59. The van der Waals surface area contributed by atoms with Crippen LogP contribution in [0.2, 0.25) is 0 Å². The fourth-order valence-corrected chi connectivity index (χ4v) is 1.53. The Kier molecular flexibility index (Phi) is 2.22.